The van der Waals surface area contributed by atoms with Crippen molar-refractivity contribution in [1.82, 2.24) is 9.62 Å². The molecule has 1 aliphatic carbocycles. The molecule has 0 amide bonds. The maximum atomic E-state index is 14.1. The van der Waals surface area contributed by atoms with Crippen LogP contribution in [0.3, 0.4) is 0 Å². The average Bonchev–Trinajstić information content (AvgIpc) is 3.22. The SMILES string of the molecule is C#CCN(CC1CC1)S(=O)(=O)c1ccc(CNC)cc1F. The molecule has 1 aliphatic rings. The van der Waals surface area contributed by atoms with Crippen molar-refractivity contribution in [2.45, 2.75) is 24.3 Å². The van der Waals surface area contributed by atoms with Crippen molar-refractivity contribution in [3.8, 4) is 12.3 Å². The lowest BCUT2D eigenvalue weighted by Gasteiger charge is -2.20. The van der Waals surface area contributed by atoms with Gasteiger partial charge in [0.15, 0.2) is 0 Å². The van der Waals surface area contributed by atoms with Crippen LogP contribution in [0.15, 0.2) is 23.1 Å². The minimum Gasteiger partial charge on any atom is -0.316 e. The van der Waals surface area contributed by atoms with Gasteiger partial charge in [-0.2, -0.15) is 4.31 Å². The summed E-state index contributed by atoms with van der Waals surface area (Å²) < 4.78 is 40.4. The average molecular weight is 310 g/mol. The highest BCUT2D eigenvalue weighted by Gasteiger charge is 2.32. The highest BCUT2D eigenvalue weighted by molar-refractivity contribution is 7.89. The fourth-order valence-electron chi connectivity index (χ4n) is 2.14. The molecule has 0 aromatic heterocycles. The third kappa shape index (κ3) is 3.82. The zero-order chi connectivity index (χ0) is 15.5. The summed E-state index contributed by atoms with van der Waals surface area (Å²) in [5, 5.41) is 2.89. The molecule has 0 bridgehead atoms. The Hall–Kier alpha value is -1.42. The van der Waals surface area contributed by atoms with Gasteiger partial charge in [-0.05, 0) is 43.5 Å². The molecule has 1 fully saturated rings. The molecule has 1 aromatic carbocycles. The Balaban J connectivity index is 2.30. The van der Waals surface area contributed by atoms with Gasteiger partial charge in [0.25, 0.3) is 0 Å². The Morgan fingerprint density at radius 1 is 1.48 bits per heavy atom. The number of sulfonamides is 1. The van der Waals surface area contributed by atoms with E-state index in [1.165, 1.54) is 16.4 Å². The van der Waals surface area contributed by atoms with Gasteiger partial charge in [0.05, 0.1) is 6.54 Å². The molecule has 6 heteroatoms. The van der Waals surface area contributed by atoms with Crippen molar-refractivity contribution in [2.24, 2.45) is 5.92 Å². The van der Waals surface area contributed by atoms with Gasteiger partial charge in [0.2, 0.25) is 10.0 Å². The lowest BCUT2D eigenvalue weighted by molar-refractivity contribution is 0.425. The Bertz CT molecular complexity index is 648. The van der Waals surface area contributed by atoms with Crippen LogP contribution in [0.5, 0.6) is 0 Å². The van der Waals surface area contributed by atoms with Crippen LogP contribution in [0.4, 0.5) is 4.39 Å². The first-order chi connectivity index (χ1) is 9.98. The largest absolute Gasteiger partial charge is 0.316 e. The third-order valence-electron chi connectivity index (χ3n) is 3.42. The monoisotopic (exact) mass is 310 g/mol. The van der Waals surface area contributed by atoms with Gasteiger partial charge in [-0.25, -0.2) is 12.8 Å². The molecule has 0 saturated heterocycles. The Labute approximate surface area is 125 Å². The molecule has 4 nitrogen and oxygen atoms in total. The lowest BCUT2D eigenvalue weighted by Crippen LogP contribution is -2.34. The van der Waals surface area contributed by atoms with Gasteiger partial charge >= 0.3 is 0 Å². The standard InChI is InChI=1S/C15H19FN2O2S/c1-3-8-18(11-12-4-5-12)21(19,20)15-7-6-13(10-17-2)9-14(15)16/h1,6-7,9,12,17H,4-5,8,10-11H2,2H3. The number of hydrogen-bond acceptors (Lipinski definition) is 3. The first-order valence-corrected chi connectivity index (χ1v) is 8.29. The van der Waals surface area contributed by atoms with Gasteiger partial charge in [0, 0.05) is 13.1 Å². The predicted molar refractivity (Wildman–Crippen MR) is 79.5 cm³/mol. The number of hydrogen-bond donors (Lipinski definition) is 1. The molecule has 0 aliphatic heterocycles. The first kappa shape index (κ1) is 16.0. The number of nitrogens with zero attached hydrogens (tertiary/aromatic N) is 1. The van der Waals surface area contributed by atoms with Crippen molar-refractivity contribution in [2.75, 3.05) is 20.1 Å². The molecular weight excluding hydrogens is 291 g/mol. The molecule has 1 aromatic rings. The van der Waals surface area contributed by atoms with E-state index >= 15 is 0 Å². The van der Waals surface area contributed by atoms with Crippen molar-refractivity contribution >= 4 is 10.0 Å². The molecular formula is C15H19FN2O2S. The minimum absolute atomic E-state index is 0.0312. The Morgan fingerprint density at radius 3 is 2.71 bits per heavy atom. The molecule has 0 unspecified atom stereocenters. The fourth-order valence-corrected chi connectivity index (χ4v) is 3.62. The third-order valence-corrected chi connectivity index (χ3v) is 5.27. The maximum Gasteiger partial charge on any atom is 0.246 e. The van der Waals surface area contributed by atoms with E-state index in [1.807, 2.05) is 0 Å². The molecule has 114 valence electrons. The van der Waals surface area contributed by atoms with Crippen LogP contribution in [0.25, 0.3) is 0 Å². The number of benzene rings is 1. The second-order valence-electron chi connectivity index (χ2n) is 5.24. The van der Waals surface area contributed by atoms with Crippen LogP contribution in [0.1, 0.15) is 18.4 Å². The van der Waals surface area contributed by atoms with Crippen LogP contribution >= 0.6 is 0 Å². The predicted octanol–water partition coefficient (Wildman–Crippen LogP) is 1.58. The van der Waals surface area contributed by atoms with Gasteiger partial charge < -0.3 is 5.32 Å². The zero-order valence-electron chi connectivity index (χ0n) is 12.0. The van der Waals surface area contributed by atoms with Crippen LogP contribution in [-0.4, -0.2) is 32.9 Å². The van der Waals surface area contributed by atoms with Gasteiger partial charge in [-0.3, -0.25) is 0 Å². The fraction of sp³-hybridized carbons (Fsp3) is 0.467. The van der Waals surface area contributed by atoms with E-state index in [0.717, 1.165) is 12.8 Å². The number of halogens is 1. The summed E-state index contributed by atoms with van der Waals surface area (Å²) in [4.78, 5) is -0.307. The summed E-state index contributed by atoms with van der Waals surface area (Å²) >= 11 is 0. The molecule has 0 heterocycles. The molecule has 0 atom stereocenters. The maximum absolute atomic E-state index is 14.1. The van der Waals surface area contributed by atoms with Crippen LogP contribution in [-0.2, 0) is 16.6 Å². The number of nitrogens with one attached hydrogen (secondary N) is 1. The van der Waals surface area contributed by atoms with Gasteiger partial charge in [-0.15, -0.1) is 6.42 Å². The molecule has 1 saturated carbocycles. The van der Waals surface area contributed by atoms with Crippen molar-refractivity contribution < 1.29 is 12.8 Å². The zero-order valence-corrected chi connectivity index (χ0v) is 12.8. The van der Waals surface area contributed by atoms with Crippen LogP contribution in [0, 0.1) is 24.1 Å². The summed E-state index contributed by atoms with van der Waals surface area (Å²) in [7, 11) is -2.14. The second-order valence-corrected chi connectivity index (χ2v) is 7.15. The van der Waals surface area contributed by atoms with Crippen LogP contribution in [0.2, 0.25) is 0 Å². The smallest absolute Gasteiger partial charge is 0.246 e. The van der Waals surface area contributed by atoms with Crippen molar-refractivity contribution in [3.63, 3.8) is 0 Å². The molecule has 1 N–H and O–H groups in total. The summed E-state index contributed by atoms with van der Waals surface area (Å²) in [6.07, 6.45) is 7.24. The molecule has 21 heavy (non-hydrogen) atoms. The normalized spacial score (nSPS) is 15.1. The summed E-state index contributed by atoms with van der Waals surface area (Å²) in [6, 6.07) is 4.17. The van der Waals surface area contributed by atoms with E-state index in [-0.39, 0.29) is 11.4 Å². The number of terminal acetylenes is 1. The minimum atomic E-state index is -3.89. The molecule has 2 rings (SSSR count). The lowest BCUT2D eigenvalue weighted by atomic mass is 10.2. The molecule has 0 spiro atoms. The van der Waals surface area contributed by atoms with E-state index in [1.54, 1.807) is 13.1 Å². The highest BCUT2D eigenvalue weighted by atomic mass is 32.2. The van der Waals surface area contributed by atoms with E-state index < -0.39 is 15.8 Å². The van der Waals surface area contributed by atoms with E-state index in [0.29, 0.717) is 24.6 Å². The summed E-state index contributed by atoms with van der Waals surface area (Å²) in [5.41, 5.74) is 0.694. The second kappa shape index (κ2) is 6.56. The van der Waals surface area contributed by atoms with Gasteiger partial charge in [0.1, 0.15) is 10.7 Å². The van der Waals surface area contributed by atoms with E-state index in [4.69, 9.17) is 6.42 Å². The summed E-state index contributed by atoms with van der Waals surface area (Å²) in [6.45, 7) is 0.814. The van der Waals surface area contributed by atoms with Crippen molar-refractivity contribution in [1.29, 1.82) is 0 Å². The topological polar surface area (TPSA) is 49.4 Å². The summed E-state index contributed by atoms with van der Waals surface area (Å²) in [5.74, 6) is 1.95. The Morgan fingerprint density at radius 2 is 2.19 bits per heavy atom. The van der Waals surface area contributed by atoms with Crippen molar-refractivity contribution in [3.05, 3.63) is 29.6 Å². The first-order valence-electron chi connectivity index (χ1n) is 6.85. The van der Waals surface area contributed by atoms with E-state index in [2.05, 4.69) is 11.2 Å². The Kier molecular flexibility index (Phi) is 4.99. The van der Waals surface area contributed by atoms with Crippen LogP contribution < -0.4 is 5.32 Å². The highest BCUT2D eigenvalue weighted by Crippen LogP contribution is 2.32. The number of rotatable bonds is 7. The van der Waals surface area contributed by atoms with E-state index in [9.17, 15) is 12.8 Å². The quantitative estimate of drug-likeness (QED) is 0.778. The molecule has 0 radical (unpaired) electrons. The van der Waals surface area contributed by atoms with Gasteiger partial charge in [-0.1, -0.05) is 12.0 Å².